The molecule has 1 amide bonds. The predicted molar refractivity (Wildman–Crippen MR) is 117 cm³/mol. The summed E-state index contributed by atoms with van der Waals surface area (Å²) in [7, 11) is -3.89. The summed E-state index contributed by atoms with van der Waals surface area (Å²) in [5, 5.41) is 4.31. The van der Waals surface area contributed by atoms with Crippen LogP contribution < -0.4 is 5.32 Å². The van der Waals surface area contributed by atoms with E-state index in [0.29, 0.717) is 5.69 Å². The number of hydrogen-bond acceptors (Lipinski definition) is 6. The molecule has 1 unspecified atom stereocenters. The summed E-state index contributed by atoms with van der Waals surface area (Å²) in [6.07, 6.45) is 0.180. The number of fused-ring (bicyclic) bond motifs is 1. The number of rotatable bonds is 6. The molecule has 31 heavy (non-hydrogen) atoms. The highest BCUT2D eigenvalue weighted by Crippen LogP contribution is 2.31. The summed E-state index contributed by atoms with van der Waals surface area (Å²) in [5.74, 6) is -1.25. The fraction of sp³-hybridized carbons (Fsp3) is 0.182. The Morgan fingerprint density at radius 3 is 2.42 bits per heavy atom. The molecule has 7 nitrogen and oxygen atoms in total. The number of sulfonamides is 1. The highest BCUT2D eigenvalue weighted by atomic mass is 32.2. The fourth-order valence-corrected chi connectivity index (χ4v) is 6.10. The standard InChI is InChI=1S/C22H20N2O5S2/c25-20(23-18-9-2-1-3-10-18)15-29-22(26)19-13-16-7-4-5-8-17(16)14-24(19)31(27,28)21-11-6-12-30-21/h1-12,19H,13-15H2,(H,23,25). The van der Waals surface area contributed by atoms with Crippen LogP contribution in [0.25, 0.3) is 0 Å². The van der Waals surface area contributed by atoms with Gasteiger partial charge in [0, 0.05) is 18.7 Å². The van der Waals surface area contributed by atoms with Gasteiger partial charge in [0.05, 0.1) is 0 Å². The van der Waals surface area contributed by atoms with Gasteiger partial charge in [0.2, 0.25) is 0 Å². The number of hydrogen-bond donors (Lipinski definition) is 1. The van der Waals surface area contributed by atoms with Gasteiger partial charge in [-0.1, -0.05) is 48.5 Å². The number of ether oxygens (including phenoxy) is 1. The molecule has 0 fully saturated rings. The SMILES string of the molecule is O=C(COC(=O)C1Cc2ccccc2CN1S(=O)(=O)c1cccs1)Nc1ccccc1. The Hall–Kier alpha value is -3.01. The van der Waals surface area contributed by atoms with E-state index in [1.165, 1.54) is 10.4 Å². The fourth-order valence-electron chi connectivity index (χ4n) is 3.43. The van der Waals surface area contributed by atoms with Crippen LogP contribution >= 0.6 is 11.3 Å². The van der Waals surface area contributed by atoms with E-state index in [2.05, 4.69) is 5.32 Å². The van der Waals surface area contributed by atoms with Crippen molar-refractivity contribution in [3.63, 3.8) is 0 Å². The number of carbonyl (C=O) groups excluding carboxylic acids is 2. The first-order valence-electron chi connectivity index (χ1n) is 9.59. The molecule has 1 aromatic heterocycles. The van der Waals surface area contributed by atoms with E-state index in [1.807, 2.05) is 30.3 Å². The summed E-state index contributed by atoms with van der Waals surface area (Å²) in [5.41, 5.74) is 2.31. The molecule has 4 rings (SSSR count). The molecule has 160 valence electrons. The van der Waals surface area contributed by atoms with Crippen LogP contribution in [0.4, 0.5) is 5.69 Å². The van der Waals surface area contributed by atoms with Crippen LogP contribution in [-0.2, 0) is 37.3 Å². The minimum absolute atomic E-state index is 0.0619. The predicted octanol–water partition coefficient (Wildman–Crippen LogP) is 3.05. The van der Waals surface area contributed by atoms with Crippen LogP contribution in [0.3, 0.4) is 0 Å². The van der Waals surface area contributed by atoms with E-state index < -0.39 is 34.5 Å². The molecule has 0 bridgehead atoms. The third-order valence-electron chi connectivity index (χ3n) is 4.94. The van der Waals surface area contributed by atoms with Gasteiger partial charge in [0.15, 0.2) is 6.61 Å². The molecule has 1 atom stereocenters. The second-order valence-corrected chi connectivity index (χ2v) is 10.1. The van der Waals surface area contributed by atoms with Gasteiger partial charge in [0.25, 0.3) is 15.9 Å². The third kappa shape index (κ3) is 4.68. The number of carbonyl (C=O) groups is 2. The largest absolute Gasteiger partial charge is 0.454 e. The molecule has 2 aromatic carbocycles. The summed E-state index contributed by atoms with van der Waals surface area (Å²) in [6.45, 7) is -0.439. The van der Waals surface area contributed by atoms with Crippen LogP contribution in [0, 0.1) is 0 Å². The lowest BCUT2D eigenvalue weighted by atomic mass is 9.96. The van der Waals surface area contributed by atoms with Gasteiger partial charge >= 0.3 is 5.97 Å². The highest BCUT2D eigenvalue weighted by molar-refractivity contribution is 7.91. The maximum absolute atomic E-state index is 13.2. The van der Waals surface area contributed by atoms with Crippen LogP contribution in [-0.4, -0.2) is 37.2 Å². The minimum atomic E-state index is -3.89. The molecule has 0 radical (unpaired) electrons. The maximum Gasteiger partial charge on any atom is 0.325 e. The molecule has 1 N–H and O–H groups in total. The quantitative estimate of drug-likeness (QED) is 0.576. The number of nitrogens with zero attached hydrogens (tertiary/aromatic N) is 1. The maximum atomic E-state index is 13.2. The van der Waals surface area contributed by atoms with E-state index in [-0.39, 0.29) is 17.2 Å². The Balaban J connectivity index is 1.52. The van der Waals surface area contributed by atoms with Crippen molar-refractivity contribution in [2.24, 2.45) is 0 Å². The number of benzene rings is 2. The molecule has 1 aliphatic rings. The average molecular weight is 457 g/mol. The lowest BCUT2D eigenvalue weighted by molar-refractivity contribution is -0.151. The summed E-state index contributed by atoms with van der Waals surface area (Å²) < 4.78 is 32.9. The molecule has 9 heteroatoms. The van der Waals surface area contributed by atoms with E-state index in [4.69, 9.17) is 4.74 Å². The number of nitrogens with one attached hydrogen (secondary N) is 1. The van der Waals surface area contributed by atoms with E-state index >= 15 is 0 Å². The summed E-state index contributed by atoms with van der Waals surface area (Å²) in [6, 6.07) is 18.3. The van der Waals surface area contributed by atoms with Crippen molar-refractivity contribution in [1.82, 2.24) is 4.31 Å². The average Bonchev–Trinajstić information content (AvgIpc) is 3.33. The van der Waals surface area contributed by atoms with Gasteiger partial charge in [-0.15, -0.1) is 11.3 Å². The van der Waals surface area contributed by atoms with Gasteiger partial charge in [-0.2, -0.15) is 4.31 Å². The Labute approximate surface area is 184 Å². The molecule has 2 heterocycles. The van der Waals surface area contributed by atoms with E-state index in [0.717, 1.165) is 22.5 Å². The molecule has 0 spiro atoms. The minimum Gasteiger partial charge on any atom is -0.454 e. The molecule has 1 aliphatic heterocycles. The van der Waals surface area contributed by atoms with E-state index in [9.17, 15) is 18.0 Å². The van der Waals surface area contributed by atoms with Crippen molar-refractivity contribution in [1.29, 1.82) is 0 Å². The van der Waals surface area contributed by atoms with Gasteiger partial charge in [0.1, 0.15) is 10.3 Å². The Morgan fingerprint density at radius 2 is 1.71 bits per heavy atom. The van der Waals surface area contributed by atoms with Gasteiger partial charge < -0.3 is 10.1 Å². The van der Waals surface area contributed by atoms with Crippen LogP contribution in [0.1, 0.15) is 11.1 Å². The van der Waals surface area contributed by atoms with Crippen LogP contribution in [0.2, 0.25) is 0 Å². The number of para-hydroxylation sites is 1. The smallest absolute Gasteiger partial charge is 0.325 e. The van der Waals surface area contributed by atoms with E-state index in [1.54, 1.807) is 35.7 Å². The Morgan fingerprint density at radius 1 is 1.00 bits per heavy atom. The van der Waals surface area contributed by atoms with Crippen molar-refractivity contribution in [2.45, 2.75) is 23.2 Å². The van der Waals surface area contributed by atoms with Crippen LogP contribution in [0.5, 0.6) is 0 Å². The summed E-state index contributed by atoms with van der Waals surface area (Å²) >= 11 is 1.09. The zero-order valence-corrected chi connectivity index (χ0v) is 18.1. The molecular formula is C22H20N2O5S2. The first-order valence-corrected chi connectivity index (χ1v) is 11.9. The lowest BCUT2D eigenvalue weighted by Crippen LogP contribution is -2.49. The lowest BCUT2D eigenvalue weighted by Gasteiger charge is -2.34. The monoisotopic (exact) mass is 456 g/mol. The summed E-state index contributed by atoms with van der Waals surface area (Å²) in [4.78, 5) is 25.0. The molecule has 0 saturated heterocycles. The number of thiophene rings is 1. The van der Waals surface area contributed by atoms with Crippen molar-refractivity contribution >= 4 is 38.9 Å². The van der Waals surface area contributed by atoms with Crippen LogP contribution in [0.15, 0.2) is 76.3 Å². The van der Waals surface area contributed by atoms with Gasteiger partial charge in [-0.25, -0.2) is 8.42 Å². The number of anilines is 1. The molecular weight excluding hydrogens is 436 g/mol. The van der Waals surface area contributed by atoms with Crippen molar-refractivity contribution in [3.05, 3.63) is 83.2 Å². The molecule has 3 aromatic rings. The molecule has 0 aliphatic carbocycles. The second kappa shape index (κ2) is 9.01. The van der Waals surface area contributed by atoms with Crippen molar-refractivity contribution in [2.75, 3.05) is 11.9 Å². The Kier molecular flexibility index (Phi) is 6.17. The third-order valence-corrected chi connectivity index (χ3v) is 8.17. The topological polar surface area (TPSA) is 92.8 Å². The first kappa shape index (κ1) is 21.2. The van der Waals surface area contributed by atoms with Crippen molar-refractivity contribution in [3.8, 4) is 0 Å². The Bertz CT molecular complexity index is 1180. The van der Waals surface area contributed by atoms with Gasteiger partial charge in [-0.05, 0) is 34.7 Å². The normalized spacial score (nSPS) is 16.3. The first-order chi connectivity index (χ1) is 14.9. The second-order valence-electron chi connectivity index (χ2n) is 6.99. The molecule has 0 saturated carbocycles. The zero-order chi connectivity index (χ0) is 21.8. The van der Waals surface area contributed by atoms with Crippen molar-refractivity contribution < 1.29 is 22.7 Å². The zero-order valence-electron chi connectivity index (χ0n) is 16.4. The number of amides is 1. The van der Waals surface area contributed by atoms with Gasteiger partial charge in [-0.3, -0.25) is 9.59 Å². The number of esters is 1. The highest BCUT2D eigenvalue weighted by Gasteiger charge is 2.41.